The number of likely N-dealkylation sites (N-methyl/N-ethyl adjacent to an activating group) is 1. The Morgan fingerprint density at radius 1 is 1.16 bits per heavy atom. The molecule has 1 heterocycles. The number of aromatic nitrogens is 1. The van der Waals surface area contributed by atoms with Gasteiger partial charge in [0.15, 0.2) is 0 Å². The van der Waals surface area contributed by atoms with E-state index in [0.717, 1.165) is 10.0 Å². The van der Waals surface area contributed by atoms with Crippen LogP contribution >= 0.6 is 15.9 Å². The Bertz CT molecular complexity index is 528. The molecular formula is C15H17BrN2O. The van der Waals surface area contributed by atoms with Crippen LogP contribution < -0.4 is 0 Å². The van der Waals surface area contributed by atoms with Crippen molar-refractivity contribution in [3.8, 4) is 0 Å². The second kappa shape index (κ2) is 5.82. The Morgan fingerprint density at radius 2 is 1.84 bits per heavy atom. The Hall–Kier alpha value is -1.23. The molecular weight excluding hydrogens is 304 g/mol. The van der Waals surface area contributed by atoms with Crippen LogP contribution in [0, 0.1) is 0 Å². The van der Waals surface area contributed by atoms with Crippen molar-refractivity contribution in [3.63, 3.8) is 0 Å². The van der Waals surface area contributed by atoms with Gasteiger partial charge in [-0.05, 0) is 43.9 Å². The first-order chi connectivity index (χ1) is 9.02. The van der Waals surface area contributed by atoms with Gasteiger partial charge < -0.3 is 10.0 Å². The molecule has 0 bridgehead atoms. The summed E-state index contributed by atoms with van der Waals surface area (Å²) in [4.78, 5) is 6.27. The van der Waals surface area contributed by atoms with E-state index in [2.05, 4.69) is 20.9 Å². The number of rotatable bonds is 4. The van der Waals surface area contributed by atoms with Crippen LogP contribution in [0.5, 0.6) is 0 Å². The lowest BCUT2D eigenvalue weighted by Gasteiger charge is -2.31. The highest BCUT2D eigenvalue weighted by atomic mass is 79.9. The lowest BCUT2D eigenvalue weighted by Crippen LogP contribution is -2.39. The third kappa shape index (κ3) is 3.21. The molecule has 0 aliphatic rings. The molecule has 0 fully saturated rings. The summed E-state index contributed by atoms with van der Waals surface area (Å²) in [7, 11) is 3.87. The summed E-state index contributed by atoms with van der Waals surface area (Å²) in [5.74, 6) is 0. The first-order valence-electron chi connectivity index (χ1n) is 6.07. The Kier molecular flexibility index (Phi) is 4.34. The second-order valence-electron chi connectivity index (χ2n) is 4.82. The fourth-order valence-electron chi connectivity index (χ4n) is 2.11. The highest BCUT2D eigenvalue weighted by molar-refractivity contribution is 9.10. The normalized spacial score (nSPS) is 14.4. The molecule has 0 aliphatic carbocycles. The van der Waals surface area contributed by atoms with Crippen molar-refractivity contribution in [1.82, 2.24) is 9.88 Å². The summed E-state index contributed by atoms with van der Waals surface area (Å²) < 4.78 is 0.990. The summed E-state index contributed by atoms with van der Waals surface area (Å²) in [5.41, 5.74) is 0.389. The standard InChI is InChI=1S/C15H17BrN2O/c1-18(2)11-15(19,14-5-3-4-10-17-14)12-6-8-13(16)9-7-12/h3-10,19H,11H2,1-2H3. The van der Waals surface area contributed by atoms with E-state index in [1.54, 1.807) is 6.20 Å². The molecule has 2 rings (SSSR count). The molecule has 3 nitrogen and oxygen atoms in total. The fourth-order valence-corrected chi connectivity index (χ4v) is 2.38. The second-order valence-corrected chi connectivity index (χ2v) is 5.74. The van der Waals surface area contributed by atoms with Gasteiger partial charge in [0.25, 0.3) is 0 Å². The monoisotopic (exact) mass is 320 g/mol. The van der Waals surface area contributed by atoms with Crippen LogP contribution in [0.15, 0.2) is 53.1 Å². The molecule has 1 atom stereocenters. The van der Waals surface area contributed by atoms with Crippen molar-refractivity contribution in [2.24, 2.45) is 0 Å². The van der Waals surface area contributed by atoms with Gasteiger partial charge in [0.2, 0.25) is 0 Å². The quantitative estimate of drug-likeness (QED) is 0.940. The third-order valence-corrected chi connectivity index (χ3v) is 3.48. The van der Waals surface area contributed by atoms with Crippen molar-refractivity contribution in [2.75, 3.05) is 20.6 Å². The van der Waals surface area contributed by atoms with Crippen molar-refractivity contribution in [1.29, 1.82) is 0 Å². The summed E-state index contributed by atoms with van der Waals surface area (Å²) in [6.45, 7) is 0.478. The topological polar surface area (TPSA) is 36.4 Å². The van der Waals surface area contributed by atoms with Crippen molar-refractivity contribution >= 4 is 15.9 Å². The first-order valence-corrected chi connectivity index (χ1v) is 6.86. The minimum absolute atomic E-state index is 0.478. The number of pyridine rings is 1. The minimum atomic E-state index is -1.11. The van der Waals surface area contributed by atoms with E-state index in [-0.39, 0.29) is 0 Å². The SMILES string of the molecule is CN(C)CC(O)(c1ccc(Br)cc1)c1ccccn1. The number of aliphatic hydroxyl groups is 1. The Balaban J connectivity index is 2.48. The fraction of sp³-hybridized carbons (Fsp3) is 0.267. The molecule has 0 saturated carbocycles. The molecule has 0 amide bonds. The van der Waals surface area contributed by atoms with E-state index in [1.165, 1.54) is 0 Å². The first kappa shape index (κ1) is 14.2. The molecule has 19 heavy (non-hydrogen) atoms. The van der Waals surface area contributed by atoms with Crippen LogP contribution in [0.3, 0.4) is 0 Å². The highest BCUT2D eigenvalue weighted by Crippen LogP contribution is 2.29. The van der Waals surface area contributed by atoms with Gasteiger partial charge in [-0.2, -0.15) is 0 Å². The maximum atomic E-state index is 11.1. The maximum Gasteiger partial charge on any atom is 0.144 e. The summed E-state index contributed by atoms with van der Waals surface area (Å²) in [6, 6.07) is 13.3. The van der Waals surface area contributed by atoms with Crippen molar-refractivity contribution in [3.05, 3.63) is 64.4 Å². The lowest BCUT2D eigenvalue weighted by molar-refractivity contribution is 0.0473. The largest absolute Gasteiger partial charge is 0.377 e. The van der Waals surface area contributed by atoms with E-state index >= 15 is 0 Å². The molecule has 0 radical (unpaired) electrons. The highest BCUT2D eigenvalue weighted by Gasteiger charge is 2.33. The van der Waals surface area contributed by atoms with Crippen LogP contribution in [0.1, 0.15) is 11.3 Å². The molecule has 1 aromatic heterocycles. The zero-order valence-electron chi connectivity index (χ0n) is 11.0. The van der Waals surface area contributed by atoms with E-state index < -0.39 is 5.60 Å². The predicted octanol–water partition coefficient (Wildman–Crippen LogP) is 2.64. The van der Waals surface area contributed by atoms with Gasteiger partial charge in [-0.25, -0.2) is 0 Å². The molecule has 100 valence electrons. The molecule has 1 aromatic carbocycles. The van der Waals surface area contributed by atoms with Crippen LogP contribution in [0.25, 0.3) is 0 Å². The molecule has 2 aromatic rings. The molecule has 0 saturated heterocycles. The van der Waals surface area contributed by atoms with E-state index in [9.17, 15) is 5.11 Å². The maximum absolute atomic E-state index is 11.1. The number of halogens is 1. The van der Waals surface area contributed by atoms with Crippen LogP contribution in [-0.2, 0) is 5.60 Å². The average molecular weight is 321 g/mol. The van der Waals surface area contributed by atoms with Crippen LogP contribution in [0.4, 0.5) is 0 Å². The zero-order chi connectivity index (χ0) is 13.9. The molecule has 1 N–H and O–H groups in total. The van der Waals surface area contributed by atoms with Crippen molar-refractivity contribution in [2.45, 2.75) is 5.60 Å². The Morgan fingerprint density at radius 3 is 2.37 bits per heavy atom. The number of hydrogen-bond donors (Lipinski definition) is 1. The number of nitrogens with zero attached hydrogens (tertiary/aromatic N) is 2. The molecule has 0 aliphatic heterocycles. The number of hydrogen-bond acceptors (Lipinski definition) is 3. The minimum Gasteiger partial charge on any atom is -0.377 e. The van der Waals surface area contributed by atoms with Crippen molar-refractivity contribution < 1.29 is 5.11 Å². The summed E-state index contributed by atoms with van der Waals surface area (Å²) in [5, 5.41) is 11.1. The molecule has 0 spiro atoms. The average Bonchev–Trinajstić information content (AvgIpc) is 2.39. The van der Waals surface area contributed by atoms with Gasteiger partial charge in [-0.3, -0.25) is 4.98 Å². The van der Waals surface area contributed by atoms with Gasteiger partial charge in [-0.15, -0.1) is 0 Å². The van der Waals surface area contributed by atoms with Crippen LogP contribution in [0.2, 0.25) is 0 Å². The molecule has 4 heteroatoms. The smallest absolute Gasteiger partial charge is 0.144 e. The Labute approximate surface area is 122 Å². The predicted molar refractivity (Wildman–Crippen MR) is 79.9 cm³/mol. The van der Waals surface area contributed by atoms with E-state index in [1.807, 2.05) is 61.5 Å². The molecule has 1 unspecified atom stereocenters. The summed E-state index contributed by atoms with van der Waals surface area (Å²) in [6.07, 6.45) is 1.70. The van der Waals surface area contributed by atoms with Gasteiger partial charge in [0.1, 0.15) is 5.60 Å². The van der Waals surface area contributed by atoms with Gasteiger partial charge >= 0.3 is 0 Å². The van der Waals surface area contributed by atoms with Gasteiger partial charge in [0, 0.05) is 17.2 Å². The van der Waals surface area contributed by atoms with E-state index in [0.29, 0.717) is 12.2 Å². The summed E-state index contributed by atoms with van der Waals surface area (Å²) >= 11 is 3.41. The van der Waals surface area contributed by atoms with Gasteiger partial charge in [-0.1, -0.05) is 34.1 Å². The number of benzene rings is 1. The van der Waals surface area contributed by atoms with E-state index in [4.69, 9.17) is 0 Å². The lowest BCUT2D eigenvalue weighted by atomic mass is 9.89. The van der Waals surface area contributed by atoms with Gasteiger partial charge in [0.05, 0.1) is 5.69 Å². The zero-order valence-corrected chi connectivity index (χ0v) is 12.6. The third-order valence-electron chi connectivity index (χ3n) is 2.96. The van der Waals surface area contributed by atoms with Crippen LogP contribution in [-0.4, -0.2) is 35.6 Å².